The molecule has 2 aromatic rings. The minimum Gasteiger partial charge on any atom is -0.371 e. The van der Waals surface area contributed by atoms with E-state index in [2.05, 4.69) is 9.71 Å². The predicted octanol–water partition coefficient (Wildman–Crippen LogP) is 2.86. The minimum absolute atomic E-state index is 0.0822. The molecule has 1 aromatic carbocycles. The number of hydrogen-bond acceptors (Lipinski definition) is 6. The number of carbonyl (C=O) groups is 1. The lowest BCUT2D eigenvalue weighted by Gasteiger charge is -2.12. The zero-order chi connectivity index (χ0) is 17.9. The number of benzene rings is 1. The average molecular weight is 380 g/mol. The highest BCUT2D eigenvalue weighted by atomic mass is 32.2. The Balaban J connectivity index is 1.63. The third-order valence-corrected chi connectivity index (χ3v) is 6.42. The van der Waals surface area contributed by atoms with Crippen molar-refractivity contribution in [2.75, 3.05) is 12.4 Å². The molecule has 1 aliphatic heterocycles. The van der Waals surface area contributed by atoms with Gasteiger partial charge in [-0.15, -0.1) is 11.3 Å². The lowest BCUT2D eigenvalue weighted by molar-refractivity contribution is 0.0973. The van der Waals surface area contributed by atoms with Crippen molar-refractivity contribution in [1.29, 1.82) is 0 Å². The molecule has 0 saturated carbocycles. The summed E-state index contributed by atoms with van der Waals surface area (Å²) in [6.07, 6.45) is 1.76. The fourth-order valence-corrected chi connectivity index (χ4v) is 4.96. The van der Waals surface area contributed by atoms with Crippen molar-refractivity contribution in [3.8, 4) is 0 Å². The number of rotatable bonds is 6. The summed E-state index contributed by atoms with van der Waals surface area (Å²) in [6, 6.07) is 9.34. The molecule has 0 radical (unpaired) electrons. The standard InChI is InChI=1S/C17H20N2O4S2/c1-12(13-6-3-2-4-7-13)11-25(21,22)19-16(20)14-10-24-17(18-14)15-8-5-9-23-15/h2-4,6-7,10,12,15H,5,8-9,11H2,1H3,(H,19,20)/t12-,15+/m1/s1. The molecule has 25 heavy (non-hydrogen) atoms. The van der Waals surface area contributed by atoms with Gasteiger partial charge in [-0.2, -0.15) is 0 Å². The van der Waals surface area contributed by atoms with Crippen LogP contribution in [-0.4, -0.2) is 31.7 Å². The van der Waals surface area contributed by atoms with Crippen LogP contribution in [0.2, 0.25) is 0 Å². The van der Waals surface area contributed by atoms with E-state index in [-0.39, 0.29) is 23.5 Å². The summed E-state index contributed by atoms with van der Waals surface area (Å²) in [4.78, 5) is 16.5. The first-order chi connectivity index (χ1) is 11.9. The zero-order valence-electron chi connectivity index (χ0n) is 13.8. The molecule has 0 spiro atoms. The summed E-state index contributed by atoms with van der Waals surface area (Å²) in [5.41, 5.74) is 1.03. The monoisotopic (exact) mass is 380 g/mol. The molecule has 2 atom stereocenters. The van der Waals surface area contributed by atoms with Gasteiger partial charge in [0.1, 0.15) is 16.8 Å². The molecule has 1 amide bonds. The van der Waals surface area contributed by atoms with Crippen molar-refractivity contribution in [3.63, 3.8) is 0 Å². The highest BCUT2D eigenvalue weighted by Crippen LogP contribution is 2.30. The Labute approximate surface area is 151 Å². The molecule has 0 unspecified atom stereocenters. The SMILES string of the molecule is C[C@H](CS(=O)(=O)NC(=O)c1csc([C@@H]2CCCO2)n1)c1ccccc1. The van der Waals surface area contributed by atoms with Crippen molar-refractivity contribution in [2.45, 2.75) is 31.8 Å². The minimum atomic E-state index is -3.75. The molecule has 1 aliphatic rings. The molecule has 1 aromatic heterocycles. The lowest BCUT2D eigenvalue weighted by Crippen LogP contribution is -2.34. The molecular formula is C17H20N2O4S2. The summed E-state index contributed by atoms with van der Waals surface area (Å²) < 4.78 is 32.2. The Kier molecular flexibility index (Phi) is 5.51. The predicted molar refractivity (Wildman–Crippen MR) is 96.2 cm³/mol. The van der Waals surface area contributed by atoms with Crippen LogP contribution in [0.4, 0.5) is 0 Å². The second-order valence-electron chi connectivity index (χ2n) is 6.10. The molecule has 8 heteroatoms. The van der Waals surface area contributed by atoms with E-state index in [1.807, 2.05) is 37.3 Å². The first-order valence-electron chi connectivity index (χ1n) is 8.11. The quantitative estimate of drug-likeness (QED) is 0.833. The molecule has 1 N–H and O–H groups in total. The van der Waals surface area contributed by atoms with Crippen LogP contribution in [0.15, 0.2) is 35.7 Å². The van der Waals surface area contributed by atoms with Crippen LogP contribution in [0.5, 0.6) is 0 Å². The molecule has 0 bridgehead atoms. The van der Waals surface area contributed by atoms with Crippen LogP contribution in [0.1, 0.15) is 52.8 Å². The normalized spacial score (nSPS) is 18.8. The van der Waals surface area contributed by atoms with Gasteiger partial charge in [0.2, 0.25) is 10.0 Å². The van der Waals surface area contributed by atoms with Gasteiger partial charge in [-0.3, -0.25) is 4.79 Å². The maximum absolute atomic E-state index is 12.3. The fourth-order valence-electron chi connectivity index (χ4n) is 2.75. The van der Waals surface area contributed by atoms with Crippen LogP contribution in [0.3, 0.4) is 0 Å². The van der Waals surface area contributed by atoms with Crippen LogP contribution >= 0.6 is 11.3 Å². The Hall–Kier alpha value is -1.77. The topological polar surface area (TPSA) is 85.4 Å². The smallest absolute Gasteiger partial charge is 0.284 e. The van der Waals surface area contributed by atoms with Crippen LogP contribution < -0.4 is 4.72 Å². The van der Waals surface area contributed by atoms with Gasteiger partial charge in [0.25, 0.3) is 5.91 Å². The number of thiazole rings is 1. The van der Waals surface area contributed by atoms with Crippen molar-refractivity contribution in [3.05, 3.63) is 52.0 Å². The lowest BCUT2D eigenvalue weighted by atomic mass is 10.0. The molecule has 134 valence electrons. The maximum atomic E-state index is 12.3. The van der Waals surface area contributed by atoms with Gasteiger partial charge in [-0.1, -0.05) is 37.3 Å². The van der Waals surface area contributed by atoms with E-state index < -0.39 is 15.9 Å². The van der Waals surface area contributed by atoms with E-state index in [9.17, 15) is 13.2 Å². The van der Waals surface area contributed by atoms with Gasteiger partial charge in [0, 0.05) is 12.0 Å². The molecule has 2 heterocycles. The average Bonchev–Trinajstić information content (AvgIpc) is 3.26. The van der Waals surface area contributed by atoms with Crippen LogP contribution in [0, 0.1) is 0 Å². The van der Waals surface area contributed by atoms with E-state index in [0.717, 1.165) is 23.4 Å². The van der Waals surface area contributed by atoms with Gasteiger partial charge in [0.15, 0.2) is 0 Å². The number of nitrogens with one attached hydrogen (secondary N) is 1. The number of aromatic nitrogens is 1. The van der Waals surface area contributed by atoms with Gasteiger partial charge in [-0.05, 0) is 24.3 Å². The fraction of sp³-hybridized carbons (Fsp3) is 0.412. The Morgan fingerprint density at radius 3 is 2.84 bits per heavy atom. The number of ether oxygens (including phenoxy) is 1. The summed E-state index contributed by atoms with van der Waals surface area (Å²) in [6.45, 7) is 2.51. The Morgan fingerprint density at radius 2 is 2.16 bits per heavy atom. The van der Waals surface area contributed by atoms with Gasteiger partial charge < -0.3 is 4.74 Å². The number of sulfonamides is 1. The third-order valence-electron chi connectivity index (χ3n) is 4.05. The number of hydrogen-bond donors (Lipinski definition) is 1. The van der Waals surface area contributed by atoms with Crippen LogP contribution in [-0.2, 0) is 14.8 Å². The highest BCUT2D eigenvalue weighted by Gasteiger charge is 2.25. The summed E-state index contributed by atoms with van der Waals surface area (Å²) >= 11 is 1.32. The van der Waals surface area contributed by atoms with Crippen molar-refractivity contribution < 1.29 is 17.9 Å². The second kappa shape index (κ2) is 7.63. The van der Waals surface area contributed by atoms with E-state index in [4.69, 9.17) is 4.74 Å². The highest BCUT2D eigenvalue weighted by molar-refractivity contribution is 7.90. The first kappa shape index (κ1) is 18.0. The van der Waals surface area contributed by atoms with Crippen molar-refractivity contribution >= 4 is 27.3 Å². The summed E-state index contributed by atoms with van der Waals surface area (Å²) in [5.74, 6) is -1.07. The molecular weight excluding hydrogens is 360 g/mol. The van der Waals surface area contributed by atoms with E-state index in [0.29, 0.717) is 6.61 Å². The van der Waals surface area contributed by atoms with E-state index in [1.165, 1.54) is 11.3 Å². The van der Waals surface area contributed by atoms with Crippen molar-refractivity contribution in [1.82, 2.24) is 9.71 Å². The number of nitrogens with zero attached hydrogens (tertiary/aromatic N) is 1. The molecule has 3 rings (SSSR count). The van der Waals surface area contributed by atoms with Gasteiger partial charge in [-0.25, -0.2) is 18.1 Å². The van der Waals surface area contributed by atoms with Crippen LogP contribution in [0.25, 0.3) is 0 Å². The Bertz CT molecular complexity index is 827. The molecule has 1 fully saturated rings. The summed E-state index contributed by atoms with van der Waals surface area (Å²) in [5, 5.41) is 2.29. The zero-order valence-corrected chi connectivity index (χ0v) is 15.5. The number of amides is 1. The van der Waals surface area contributed by atoms with E-state index in [1.54, 1.807) is 5.38 Å². The molecule has 0 aliphatic carbocycles. The first-order valence-corrected chi connectivity index (χ1v) is 10.6. The van der Waals surface area contributed by atoms with E-state index >= 15 is 0 Å². The second-order valence-corrected chi connectivity index (χ2v) is 8.75. The van der Waals surface area contributed by atoms with Gasteiger partial charge >= 0.3 is 0 Å². The largest absolute Gasteiger partial charge is 0.371 e. The Morgan fingerprint density at radius 1 is 1.40 bits per heavy atom. The molecule has 6 nitrogen and oxygen atoms in total. The maximum Gasteiger partial charge on any atom is 0.284 e. The van der Waals surface area contributed by atoms with Crippen molar-refractivity contribution in [2.24, 2.45) is 0 Å². The number of carbonyl (C=O) groups excluding carboxylic acids is 1. The summed E-state index contributed by atoms with van der Waals surface area (Å²) in [7, 11) is -3.75. The van der Waals surface area contributed by atoms with Gasteiger partial charge in [0.05, 0.1) is 5.75 Å². The molecule has 1 saturated heterocycles. The third kappa shape index (κ3) is 4.65.